The largest absolute Gasteiger partial charge is 0.433 e. The summed E-state index contributed by atoms with van der Waals surface area (Å²) in [4.78, 5) is 11.8. The van der Waals surface area contributed by atoms with Gasteiger partial charge in [-0.05, 0) is 48.5 Å². The van der Waals surface area contributed by atoms with Crippen LogP contribution < -0.4 is 5.14 Å². The zero-order chi connectivity index (χ0) is 26.5. The smallest absolute Gasteiger partial charge is 0.255 e. The molecule has 0 fully saturated rings. The van der Waals surface area contributed by atoms with E-state index in [9.17, 15) is 39.2 Å². The van der Waals surface area contributed by atoms with Gasteiger partial charge < -0.3 is 0 Å². The molecule has 4 rings (SSSR count). The molecular weight excluding hydrogens is 537 g/mol. The first-order valence-corrected chi connectivity index (χ1v) is 11.9. The van der Waals surface area contributed by atoms with E-state index < -0.39 is 56.5 Å². The van der Waals surface area contributed by atoms with Gasteiger partial charge in [-0.2, -0.15) is 26.3 Å². The topological polar surface area (TPSA) is 98.8 Å². The Morgan fingerprint density at radius 1 is 0.833 bits per heavy atom. The van der Waals surface area contributed by atoms with Crippen LogP contribution in [0, 0.1) is 5.82 Å². The van der Waals surface area contributed by atoms with E-state index in [0.717, 1.165) is 11.3 Å². The molecule has 0 aliphatic carbocycles. The Morgan fingerprint density at radius 2 is 1.56 bits per heavy atom. The van der Waals surface area contributed by atoms with E-state index >= 15 is 0 Å². The predicted molar refractivity (Wildman–Crippen MR) is 115 cm³/mol. The van der Waals surface area contributed by atoms with Gasteiger partial charge in [-0.25, -0.2) is 27.9 Å². The Morgan fingerprint density at radius 3 is 2.14 bits per heavy atom. The molecule has 0 unspecified atom stereocenters. The van der Waals surface area contributed by atoms with Crippen LogP contribution in [0.2, 0.25) is 0 Å². The lowest BCUT2D eigenvalue weighted by molar-refractivity contribution is -0.141. The first-order chi connectivity index (χ1) is 16.6. The number of nitrogens with two attached hydrogens (primary N) is 1. The van der Waals surface area contributed by atoms with E-state index in [1.165, 1.54) is 30.5 Å². The fraction of sp³-hybridized carbons (Fsp3) is 0.0952. The average Bonchev–Trinajstić information content (AvgIpc) is 3.29. The Balaban J connectivity index is 1.84. The van der Waals surface area contributed by atoms with E-state index in [2.05, 4.69) is 15.0 Å². The molecule has 0 aliphatic rings. The summed E-state index contributed by atoms with van der Waals surface area (Å²) >= 11 is 0.772. The number of halogens is 7. The van der Waals surface area contributed by atoms with Crippen LogP contribution in [0.4, 0.5) is 30.7 Å². The van der Waals surface area contributed by atoms with Crippen molar-refractivity contribution in [1.82, 2.24) is 15.0 Å². The number of pyridine rings is 1. The molecule has 2 N–H and O–H groups in total. The Bertz CT molecular complexity index is 1570. The van der Waals surface area contributed by atoms with E-state index in [-0.39, 0.29) is 21.5 Å². The van der Waals surface area contributed by atoms with Crippen molar-refractivity contribution in [2.75, 3.05) is 0 Å². The van der Waals surface area contributed by atoms with Crippen molar-refractivity contribution >= 4 is 21.4 Å². The molecule has 1 aromatic carbocycles. The van der Waals surface area contributed by atoms with Crippen LogP contribution in [0.3, 0.4) is 0 Å². The standard InChI is InChI=1S/C21H11F7N4O2S2/c22-13-8-11(20(23,24)25)1-2-12(13)14-9-17(21(26,27)28)32-19(31-14)10-5-6-30-15(7-10)16-3-4-18(35-16)36(29,33)34/h1-9H,(H2,29,33,34). The highest BCUT2D eigenvalue weighted by Gasteiger charge is 2.35. The second kappa shape index (κ2) is 8.90. The number of benzene rings is 1. The molecule has 0 aliphatic heterocycles. The molecule has 0 amide bonds. The number of hydrogen-bond donors (Lipinski definition) is 1. The summed E-state index contributed by atoms with van der Waals surface area (Å²) in [5.74, 6) is -1.93. The molecule has 0 bridgehead atoms. The summed E-state index contributed by atoms with van der Waals surface area (Å²) in [6.07, 6.45) is -8.63. The van der Waals surface area contributed by atoms with Gasteiger partial charge in [-0.3, -0.25) is 4.98 Å². The van der Waals surface area contributed by atoms with Crippen molar-refractivity contribution in [3.05, 3.63) is 71.8 Å². The highest BCUT2D eigenvalue weighted by Crippen LogP contribution is 2.36. The van der Waals surface area contributed by atoms with Gasteiger partial charge >= 0.3 is 12.4 Å². The molecule has 0 saturated heterocycles. The lowest BCUT2D eigenvalue weighted by Crippen LogP contribution is -2.11. The Hall–Kier alpha value is -3.43. The van der Waals surface area contributed by atoms with Gasteiger partial charge in [-0.1, -0.05) is 0 Å². The van der Waals surface area contributed by atoms with Crippen LogP contribution in [0.1, 0.15) is 11.3 Å². The van der Waals surface area contributed by atoms with Gasteiger partial charge in [0.25, 0.3) is 0 Å². The van der Waals surface area contributed by atoms with Gasteiger partial charge in [-0.15, -0.1) is 11.3 Å². The molecule has 0 radical (unpaired) electrons. The minimum Gasteiger partial charge on any atom is -0.255 e. The molecule has 4 aromatic rings. The normalized spacial score (nSPS) is 12.7. The molecule has 3 aromatic heterocycles. The summed E-state index contributed by atoms with van der Waals surface area (Å²) in [5.41, 5.74) is -3.79. The van der Waals surface area contributed by atoms with Crippen molar-refractivity contribution < 1.29 is 39.2 Å². The first-order valence-electron chi connectivity index (χ1n) is 9.56. The molecular formula is C21H11F7N4O2S2. The second-order valence-corrected chi connectivity index (χ2v) is 10.1. The van der Waals surface area contributed by atoms with Gasteiger partial charge in [0.2, 0.25) is 10.0 Å². The number of hydrogen-bond acceptors (Lipinski definition) is 6. The monoisotopic (exact) mass is 548 g/mol. The number of alkyl halides is 6. The van der Waals surface area contributed by atoms with Gasteiger partial charge in [0, 0.05) is 17.3 Å². The maximum atomic E-state index is 14.5. The fourth-order valence-electron chi connectivity index (χ4n) is 3.07. The number of aromatic nitrogens is 3. The molecule has 15 heteroatoms. The third-order valence-corrected chi connectivity index (χ3v) is 7.27. The lowest BCUT2D eigenvalue weighted by atomic mass is 10.1. The SMILES string of the molecule is NS(=O)(=O)c1ccc(-c2cc(-c3nc(-c4ccc(C(F)(F)F)cc4F)cc(C(F)(F)F)n3)ccn2)s1. The minimum absolute atomic E-state index is 0.00484. The summed E-state index contributed by atoms with van der Waals surface area (Å²) in [6, 6.07) is 6.97. The third-order valence-electron chi connectivity index (χ3n) is 4.72. The minimum atomic E-state index is -4.98. The molecule has 36 heavy (non-hydrogen) atoms. The van der Waals surface area contributed by atoms with Crippen molar-refractivity contribution in [3.63, 3.8) is 0 Å². The average molecular weight is 548 g/mol. The summed E-state index contributed by atoms with van der Waals surface area (Å²) in [7, 11) is -3.99. The van der Waals surface area contributed by atoms with E-state index in [1.807, 2.05) is 0 Å². The molecule has 3 heterocycles. The summed E-state index contributed by atoms with van der Waals surface area (Å²) < 4.78 is 117. The van der Waals surface area contributed by atoms with Gasteiger partial charge in [0.05, 0.1) is 21.8 Å². The highest BCUT2D eigenvalue weighted by molar-refractivity contribution is 7.91. The van der Waals surface area contributed by atoms with Crippen molar-refractivity contribution in [2.24, 2.45) is 5.14 Å². The van der Waals surface area contributed by atoms with Crippen LogP contribution in [0.25, 0.3) is 33.2 Å². The van der Waals surface area contributed by atoms with Crippen LogP contribution in [-0.2, 0) is 22.4 Å². The summed E-state index contributed by atoms with van der Waals surface area (Å²) in [6.45, 7) is 0. The molecule has 188 valence electrons. The predicted octanol–water partition coefficient (Wildman–Crippen LogP) is 5.76. The van der Waals surface area contributed by atoms with Crippen molar-refractivity contribution in [3.8, 4) is 33.2 Å². The molecule has 0 spiro atoms. The zero-order valence-corrected chi connectivity index (χ0v) is 19.0. The number of primary sulfonamides is 1. The van der Waals surface area contributed by atoms with E-state index in [4.69, 9.17) is 5.14 Å². The van der Waals surface area contributed by atoms with Crippen LogP contribution in [0.15, 0.2) is 58.9 Å². The molecule has 6 nitrogen and oxygen atoms in total. The van der Waals surface area contributed by atoms with Gasteiger partial charge in [0.15, 0.2) is 5.82 Å². The number of rotatable bonds is 4. The highest BCUT2D eigenvalue weighted by atomic mass is 32.2. The number of thiophene rings is 1. The maximum absolute atomic E-state index is 14.5. The van der Waals surface area contributed by atoms with Crippen molar-refractivity contribution in [1.29, 1.82) is 0 Å². The van der Waals surface area contributed by atoms with Crippen LogP contribution >= 0.6 is 11.3 Å². The second-order valence-electron chi connectivity index (χ2n) is 7.25. The maximum Gasteiger partial charge on any atom is 0.433 e. The third kappa shape index (κ3) is 5.37. The molecule has 0 saturated carbocycles. The lowest BCUT2D eigenvalue weighted by Gasteiger charge is -2.13. The Labute approximate surface area is 202 Å². The quantitative estimate of drug-likeness (QED) is 0.327. The number of sulfonamides is 1. The Kier molecular flexibility index (Phi) is 6.34. The zero-order valence-electron chi connectivity index (χ0n) is 17.4. The van der Waals surface area contributed by atoms with Crippen LogP contribution in [0.5, 0.6) is 0 Å². The summed E-state index contributed by atoms with van der Waals surface area (Å²) in [5, 5.41) is 5.09. The molecule has 0 atom stereocenters. The van der Waals surface area contributed by atoms with E-state index in [1.54, 1.807) is 0 Å². The fourth-order valence-corrected chi connectivity index (χ4v) is 4.77. The van der Waals surface area contributed by atoms with E-state index in [0.29, 0.717) is 23.1 Å². The van der Waals surface area contributed by atoms with Gasteiger partial charge in [0.1, 0.15) is 15.7 Å². The van der Waals surface area contributed by atoms with Crippen molar-refractivity contribution in [2.45, 2.75) is 16.6 Å². The first kappa shape index (κ1) is 25.7. The van der Waals surface area contributed by atoms with Crippen LogP contribution in [-0.4, -0.2) is 23.4 Å². The number of nitrogens with zero attached hydrogens (tertiary/aromatic N) is 3.